The van der Waals surface area contributed by atoms with Crippen LogP contribution in [0.5, 0.6) is 0 Å². The van der Waals surface area contributed by atoms with E-state index in [1.807, 2.05) is 17.0 Å². The van der Waals surface area contributed by atoms with Crippen molar-refractivity contribution in [2.45, 2.75) is 18.6 Å². The number of halogens is 1. The van der Waals surface area contributed by atoms with Gasteiger partial charge in [-0.2, -0.15) is 9.94 Å². The number of aromatic nitrogens is 5. The number of carbonyl (C=O) groups is 1. The van der Waals surface area contributed by atoms with Gasteiger partial charge in [-0.15, -0.1) is 5.10 Å². The maximum atomic E-state index is 13.6. The van der Waals surface area contributed by atoms with Crippen LogP contribution >= 0.6 is 0 Å². The van der Waals surface area contributed by atoms with Gasteiger partial charge in [-0.1, -0.05) is 12.1 Å². The lowest BCUT2D eigenvalue weighted by Crippen LogP contribution is -2.59. The largest absolute Gasteiger partial charge is 0.370 e. The van der Waals surface area contributed by atoms with Crippen LogP contribution in [-0.2, 0) is 16.0 Å². The average molecular weight is 448 g/mol. The Morgan fingerprint density at radius 3 is 2.91 bits per heavy atom. The fourth-order valence-corrected chi connectivity index (χ4v) is 4.25. The zero-order valence-corrected chi connectivity index (χ0v) is 17.7. The molecule has 2 saturated heterocycles. The van der Waals surface area contributed by atoms with E-state index in [1.54, 1.807) is 24.4 Å². The van der Waals surface area contributed by atoms with Gasteiger partial charge in [0, 0.05) is 32.4 Å². The number of morpholine rings is 1. The van der Waals surface area contributed by atoms with Crippen molar-refractivity contribution in [3.8, 4) is 11.9 Å². The third-order valence-electron chi connectivity index (χ3n) is 6.08. The lowest BCUT2D eigenvalue weighted by atomic mass is 10.0. The highest BCUT2D eigenvalue weighted by atomic mass is 19.1. The van der Waals surface area contributed by atoms with Crippen molar-refractivity contribution in [2.24, 2.45) is 0 Å². The highest BCUT2D eigenvalue weighted by Gasteiger charge is 2.35. The molecule has 10 nitrogen and oxygen atoms in total. The molecule has 2 aliphatic heterocycles. The Kier molecular flexibility index (Phi) is 5.77. The molecule has 1 aromatic carbocycles. The van der Waals surface area contributed by atoms with E-state index in [9.17, 15) is 9.18 Å². The van der Waals surface area contributed by atoms with Gasteiger partial charge in [-0.25, -0.2) is 9.37 Å². The molecule has 0 saturated carbocycles. The predicted molar refractivity (Wildman–Crippen MR) is 112 cm³/mol. The molecule has 3 aromatic rings. The van der Waals surface area contributed by atoms with Crippen LogP contribution in [0.15, 0.2) is 42.9 Å². The minimum Gasteiger partial charge on any atom is -0.370 e. The number of hydrogen-bond acceptors (Lipinski definition) is 8. The number of hydrogen-bond donors (Lipinski definition) is 0. The van der Waals surface area contributed by atoms with Crippen LogP contribution in [0, 0.1) is 17.1 Å². The molecule has 33 heavy (non-hydrogen) atoms. The monoisotopic (exact) mass is 448 g/mol. The fraction of sp³-hybridized carbons (Fsp3) is 0.364. The molecule has 0 N–H and O–H groups in total. The summed E-state index contributed by atoms with van der Waals surface area (Å²) in [6, 6.07) is 10.1. The Labute approximate surface area is 189 Å². The summed E-state index contributed by atoms with van der Waals surface area (Å²) in [6.45, 7) is 3.07. The van der Waals surface area contributed by atoms with Gasteiger partial charge in [0.25, 0.3) is 0 Å². The normalized spacial score (nSPS) is 20.8. The predicted octanol–water partition coefficient (Wildman–Crippen LogP) is 0.895. The number of amides is 1. The summed E-state index contributed by atoms with van der Waals surface area (Å²) >= 11 is 0. The van der Waals surface area contributed by atoms with Gasteiger partial charge < -0.3 is 9.64 Å². The van der Waals surface area contributed by atoms with Crippen LogP contribution in [-0.4, -0.2) is 79.7 Å². The van der Waals surface area contributed by atoms with Crippen molar-refractivity contribution in [1.82, 2.24) is 35.0 Å². The topological polar surface area (TPSA) is 113 Å². The summed E-state index contributed by atoms with van der Waals surface area (Å²) in [5.41, 5.74) is 1.64. The van der Waals surface area contributed by atoms with Gasteiger partial charge in [0.05, 0.1) is 30.7 Å². The van der Waals surface area contributed by atoms with E-state index >= 15 is 0 Å². The van der Waals surface area contributed by atoms with Crippen molar-refractivity contribution in [3.05, 3.63) is 65.4 Å². The molecule has 2 aromatic heterocycles. The zero-order chi connectivity index (χ0) is 22.8. The van der Waals surface area contributed by atoms with Crippen LogP contribution in [0.1, 0.15) is 22.8 Å². The van der Waals surface area contributed by atoms with Gasteiger partial charge in [-0.3, -0.25) is 9.69 Å². The number of ether oxygens (including phenoxy) is 1. The molecule has 0 radical (unpaired) electrons. The standard InChI is InChI=1S/C22H21FN8O2/c23-19-3-2-16(8-17(19)9-24)20-12-29-5-6-30(11-18(29)13-33-20)22(32)7-15-1-4-21(25-10-15)31-14-26-27-28-31/h1-4,8,10,14,18,20H,5-7,11-13H2/t18-,20-/m0/s1. The van der Waals surface area contributed by atoms with Gasteiger partial charge in [0.1, 0.15) is 18.2 Å². The molecule has 2 aliphatic rings. The second-order valence-corrected chi connectivity index (χ2v) is 8.12. The van der Waals surface area contributed by atoms with Crippen LogP contribution < -0.4 is 0 Å². The number of fused-ring (bicyclic) bond motifs is 1. The van der Waals surface area contributed by atoms with Gasteiger partial charge in [0.2, 0.25) is 5.91 Å². The molecule has 2 atom stereocenters. The first-order chi connectivity index (χ1) is 16.1. The van der Waals surface area contributed by atoms with Gasteiger partial charge in [-0.05, 0) is 39.8 Å². The third-order valence-corrected chi connectivity index (χ3v) is 6.08. The molecule has 0 spiro atoms. The number of pyridine rings is 1. The number of rotatable bonds is 4. The summed E-state index contributed by atoms with van der Waals surface area (Å²) in [4.78, 5) is 21.4. The number of nitriles is 1. The Morgan fingerprint density at radius 1 is 1.24 bits per heavy atom. The SMILES string of the molecule is N#Cc1cc([C@@H]2CN3CCN(C(=O)Cc4ccc(-n5cnnn5)nc4)C[C@H]3CO2)ccc1F. The Morgan fingerprint density at radius 2 is 2.15 bits per heavy atom. The van der Waals surface area contributed by atoms with Crippen LogP contribution in [0.2, 0.25) is 0 Å². The molecular weight excluding hydrogens is 427 g/mol. The van der Waals surface area contributed by atoms with E-state index in [0.717, 1.165) is 17.7 Å². The summed E-state index contributed by atoms with van der Waals surface area (Å²) < 4.78 is 21.1. The van der Waals surface area contributed by atoms with E-state index in [-0.39, 0.29) is 30.0 Å². The minimum atomic E-state index is -0.526. The first-order valence-corrected chi connectivity index (χ1v) is 10.6. The van der Waals surface area contributed by atoms with E-state index < -0.39 is 5.82 Å². The lowest BCUT2D eigenvalue weighted by molar-refractivity contribution is -0.139. The smallest absolute Gasteiger partial charge is 0.227 e. The molecular formula is C22H21FN8O2. The van der Waals surface area contributed by atoms with Crippen LogP contribution in [0.25, 0.3) is 5.82 Å². The highest BCUT2D eigenvalue weighted by Crippen LogP contribution is 2.28. The fourth-order valence-electron chi connectivity index (χ4n) is 4.25. The molecule has 168 valence electrons. The van der Waals surface area contributed by atoms with Crippen molar-refractivity contribution >= 4 is 5.91 Å². The maximum Gasteiger partial charge on any atom is 0.227 e. The molecule has 0 aliphatic carbocycles. The van der Waals surface area contributed by atoms with Crippen molar-refractivity contribution in [1.29, 1.82) is 5.26 Å². The van der Waals surface area contributed by atoms with Gasteiger partial charge >= 0.3 is 0 Å². The number of carbonyl (C=O) groups excluding carboxylic acids is 1. The van der Waals surface area contributed by atoms with Crippen LogP contribution in [0.3, 0.4) is 0 Å². The van der Waals surface area contributed by atoms with E-state index in [2.05, 4.69) is 25.4 Å². The number of tetrazole rings is 1. The molecule has 0 unspecified atom stereocenters. The van der Waals surface area contributed by atoms with Gasteiger partial charge in [0.15, 0.2) is 5.82 Å². The summed E-state index contributed by atoms with van der Waals surface area (Å²) in [5.74, 6) is 0.106. The van der Waals surface area contributed by atoms with Crippen LogP contribution in [0.4, 0.5) is 4.39 Å². The van der Waals surface area contributed by atoms with Crippen molar-refractivity contribution in [2.75, 3.05) is 32.8 Å². The lowest BCUT2D eigenvalue weighted by Gasteiger charge is -2.46. The maximum absolute atomic E-state index is 13.6. The van der Waals surface area contributed by atoms with E-state index in [4.69, 9.17) is 10.00 Å². The summed E-state index contributed by atoms with van der Waals surface area (Å²) in [6.07, 6.45) is 3.17. The second-order valence-electron chi connectivity index (χ2n) is 8.12. The molecule has 2 fully saturated rings. The molecule has 0 bridgehead atoms. The Balaban J connectivity index is 1.17. The Hall–Kier alpha value is -3.75. The second kappa shape index (κ2) is 9.01. The number of piperazine rings is 1. The van der Waals surface area contributed by atoms with E-state index in [1.165, 1.54) is 17.1 Å². The zero-order valence-electron chi connectivity index (χ0n) is 17.7. The van der Waals surface area contributed by atoms with Crippen molar-refractivity contribution < 1.29 is 13.9 Å². The Bertz CT molecular complexity index is 1180. The summed E-state index contributed by atoms with van der Waals surface area (Å²) in [5, 5.41) is 20.0. The number of benzene rings is 1. The first kappa shape index (κ1) is 21.1. The molecule has 11 heteroatoms. The molecule has 1 amide bonds. The molecule has 5 rings (SSSR count). The van der Waals surface area contributed by atoms with E-state index in [0.29, 0.717) is 32.1 Å². The third kappa shape index (κ3) is 4.44. The summed E-state index contributed by atoms with van der Waals surface area (Å²) in [7, 11) is 0. The highest BCUT2D eigenvalue weighted by molar-refractivity contribution is 5.78. The number of nitrogens with zero attached hydrogens (tertiary/aromatic N) is 8. The minimum absolute atomic E-state index is 0.0223. The molecule has 4 heterocycles. The van der Waals surface area contributed by atoms with Crippen molar-refractivity contribution in [3.63, 3.8) is 0 Å². The quantitative estimate of drug-likeness (QED) is 0.579. The average Bonchev–Trinajstić information content (AvgIpc) is 3.39. The first-order valence-electron chi connectivity index (χ1n) is 10.6.